The molecule has 134 valence electrons. The van der Waals surface area contributed by atoms with Gasteiger partial charge in [-0.2, -0.15) is 0 Å². The Bertz CT molecular complexity index is 698. The van der Waals surface area contributed by atoms with Crippen LogP contribution in [0.4, 0.5) is 0 Å². The van der Waals surface area contributed by atoms with E-state index < -0.39 is 0 Å². The second kappa shape index (κ2) is 8.09. The number of benzene rings is 2. The summed E-state index contributed by atoms with van der Waals surface area (Å²) in [5.74, 6) is 0.0676. The van der Waals surface area contributed by atoms with Crippen molar-refractivity contribution < 1.29 is 4.79 Å². The van der Waals surface area contributed by atoms with Crippen molar-refractivity contribution in [2.24, 2.45) is 0 Å². The van der Waals surface area contributed by atoms with Gasteiger partial charge in [-0.05, 0) is 49.4 Å². The zero-order chi connectivity index (χ0) is 18.6. The van der Waals surface area contributed by atoms with Crippen molar-refractivity contribution in [3.8, 4) is 0 Å². The molecular weight excluding hydrogens is 326 g/mol. The van der Waals surface area contributed by atoms with Crippen LogP contribution >= 0.6 is 11.8 Å². The molecular formula is C22H29NOS. The second-order valence-corrected chi connectivity index (χ2v) is 9.09. The smallest absolute Gasteiger partial charge is 0.233 e. The fourth-order valence-electron chi connectivity index (χ4n) is 2.56. The van der Waals surface area contributed by atoms with Crippen LogP contribution in [0, 0.1) is 6.92 Å². The number of hydrogen-bond acceptors (Lipinski definition) is 2. The summed E-state index contributed by atoms with van der Waals surface area (Å²) in [6.45, 7) is 12.7. The van der Waals surface area contributed by atoms with Crippen LogP contribution < -0.4 is 5.32 Å². The van der Waals surface area contributed by atoms with Crippen LogP contribution in [-0.2, 0) is 10.2 Å². The van der Waals surface area contributed by atoms with Crippen molar-refractivity contribution in [1.82, 2.24) is 5.32 Å². The molecule has 0 aliphatic carbocycles. The number of rotatable bonds is 5. The molecule has 2 rings (SSSR count). The van der Waals surface area contributed by atoms with Gasteiger partial charge in [0.15, 0.2) is 0 Å². The van der Waals surface area contributed by atoms with E-state index in [1.807, 2.05) is 13.8 Å². The van der Waals surface area contributed by atoms with Crippen LogP contribution in [0.15, 0.2) is 53.4 Å². The molecule has 0 aliphatic heterocycles. The molecule has 1 N–H and O–H groups in total. The Morgan fingerprint density at radius 3 is 2.04 bits per heavy atom. The minimum Gasteiger partial charge on any atom is -0.349 e. The van der Waals surface area contributed by atoms with Gasteiger partial charge in [-0.3, -0.25) is 4.79 Å². The quantitative estimate of drug-likeness (QED) is 0.702. The third-order valence-corrected chi connectivity index (χ3v) is 5.45. The summed E-state index contributed by atoms with van der Waals surface area (Å²) in [4.78, 5) is 13.6. The van der Waals surface area contributed by atoms with E-state index in [9.17, 15) is 4.79 Å². The van der Waals surface area contributed by atoms with E-state index in [-0.39, 0.29) is 22.6 Å². The summed E-state index contributed by atoms with van der Waals surface area (Å²) in [6.07, 6.45) is 0. The number of carbonyl (C=O) groups excluding carboxylic acids is 1. The maximum atomic E-state index is 12.5. The number of carbonyl (C=O) groups is 1. The summed E-state index contributed by atoms with van der Waals surface area (Å²) in [5.41, 5.74) is 3.81. The number of hydrogen-bond donors (Lipinski definition) is 1. The third-order valence-electron chi connectivity index (χ3n) is 4.34. The monoisotopic (exact) mass is 355 g/mol. The SMILES string of the molecule is Cc1ccc(S[C@@H](C)C(=O)N[C@H](C)c2ccc(C(C)(C)C)cc2)cc1. The lowest BCUT2D eigenvalue weighted by molar-refractivity contribution is -0.120. The summed E-state index contributed by atoms with van der Waals surface area (Å²) >= 11 is 1.59. The minimum atomic E-state index is -0.126. The average Bonchev–Trinajstić information content (AvgIpc) is 2.56. The van der Waals surface area contributed by atoms with Gasteiger partial charge in [-0.25, -0.2) is 0 Å². The standard InChI is InChI=1S/C22H29NOS/c1-15-7-13-20(14-8-15)25-17(3)21(24)23-16(2)18-9-11-19(12-10-18)22(4,5)6/h7-14,16-17H,1-6H3,(H,23,24)/t16-,17+/m1/s1. The van der Waals surface area contributed by atoms with Gasteiger partial charge in [0.05, 0.1) is 11.3 Å². The van der Waals surface area contributed by atoms with Crippen LogP contribution in [0.25, 0.3) is 0 Å². The number of nitrogens with one attached hydrogen (secondary N) is 1. The summed E-state index contributed by atoms with van der Waals surface area (Å²) in [7, 11) is 0. The lowest BCUT2D eigenvalue weighted by atomic mass is 9.86. The fourth-order valence-corrected chi connectivity index (χ4v) is 3.44. The van der Waals surface area contributed by atoms with E-state index in [2.05, 4.69) is 81.5 Å². The first-order valence-corrected chi connectivity index (χ1v) is 9.69. The van der Waals surface area contributed by atoms with Crippen LogP contribution in [-0.4, -0.2) is 11.2 Å². The van der Waals surface area contributed by atoms with E-state index in [0.29, 0.717) is 0 Å². The summed E-state index contributed by atoms with van der Waals surface area (Å²) in [5, 5.41) is 3.00. The Hall–Kier alpha value is -1.74. The Kier molecular flexibility index (Phi) is 6.34. The highest BCUT2D eigenvalue weighted by Gasteiger charge is 2.18. The van der Waals surface area contributed by atoms with E-state index in [0.717, 1.165) is 10.5 Å². The van der Waals surface area contributed by atoms with Crippen molar-refractivity contribution in [2.45, 2.75) is 63.1 Å². The van der Waals surface area contributed by atoms with Gasteiger partial charge >= 0.3 is 0 Å². The molecule has 0 bridgehead atoms. The molecule has 0 aromatic heterocycles. The van der Waals surface area contributed by atoms with Crippen LogP contribution in [0.1, 0.15) is 57.4 Å². The van der Waals surface area contributed by atoms with Crippen LogP contribution in [0.2, 0.25) is 0 Å². The molecule has 2 atom stereocenters. The topological polar surface area (TPSA) is 29.1 Å². The molecule has 2 aromatic rings. The van der Waals surface area contributed by atoms with E-state index in [1.54, 1.807) is 11.8 Å². The maximum Gasteiger partial charge on any atom is 0.233 e. The largest absolute Gasteiger partial charge is 0.349 e. The number of thioether (sulfide) groups is 1. The first kappa shape index (κ1) is 19.6. The third kappa shape index (κ3) is 5.64. The number of aryl methyl sites for hydroxylation is 1. The highest BCUT2D eigenvalue weighted by atomic mass is 32.2. The first-order valence-electron chi connectivity index (χ1n) is 8.81. The van der Waals surface area contributed by atoms with Gasteiger partial charge in [0.1, 0.15) is 0 Å². The van der Waals surface area contributed by atoms with Crippen molar-refractivity contribution in [3.05, 3.63) is 65.2 Å². The molecule has 0 saturated heterocycles. The Labute approximate surface area is 156 Å². The maximum absolute atomic E-state index is 12.5. The Morgan fingerprint density at radius 2 is 1.52 bits per heavy atom. The van der Waals surface area contributed by atoms with Gasteiger partial charge in [-0.1, -0.05) is 62.7 Å². The molecule has 0 saturated carbocycles. The average molecular weight is 356 g/mol. The van der Waals surface area contributed by atoms with Crippen molar-refractivity contribution in [3.63, 3.8) is 0 Å². The van der Waals surface area contributed by atoms with Crippen molar-refractivity contribution >= 4 is 17.7 Å². The van der Waals surface area contributed by atoms with Gasteiger partial charge in [0.2, 0.25) is 5.91 Å². The molecule has 0 unspecified atom stereocenters. The van der Waals surface area contributed by atoms with E-state index in [4.69, 9.17) is 0 Å². The summed E-state index contributed by atoms with van der Waals surface area (Å²) in [6, 6.07) is 16.8. The number of amides is 1. The lowest BCUT2D eigenvalue weighted by Gasteiger charge is -2.21. The molecule has 0 heterocycles. The molecule has 0 fully saturated rings. The van der Waals surface area contributed by atoms with E-state index in [1.165, 1.54) is 11.1 Å². The zero-order valence-electron chi connectivity index (χ0n) is 16.1. The molecule has 1 amide bonds. The van der Waals surface area contributed by atoms with Crippen molar-refractivity contribution in [1.29, 1.82) is 0 Å². The van der Waals surface area contributed by atoms with Gasteiger partial charge < -0.3 is 5.32 Å². The molecule has 25 heavy (non-hydrogen) atoms. The van der Waals surface area contributed by atoms with E-state index >= 15 is 0 Å². The fraction of sp³-hybridized carbons (Fsp3) is 0.409. The molecule has 0 radical (unpaired) electrons. The lowest BCUT2D eigenvalue weighted by Crippen LogP contribution is -2.33. The van der Waals surface area contributed by atoms with Crippen LogP contribution in [0.3, 0.4) is 0 Å². The van der Waals surface area contributed by atoms with Gasteiger partial charge in [0, 0.05) is 4.90 Å². The highest BCUT2D eigenvalue weighted by Crippen LogP contribution is 2.26. The molecule has 2 nitrogen and oxygen atoms in total. The van der Waals surface area contributed by atoms with Gasteiger partial charge in [0.25, 0.3) is 0 Å². The minimum absolute atomic E-state index is 0.00239. The normalized spacial score (nSPS) is 14.0. The van der Waals surface area contributed by atoms with Gasteiger partial charge in [-0.15, -0.1) is 11.8 Å². The predicted molar refractivity (Wildman–Crippen MR) is 108 cm³/mol. The summed E-state index contributed by atoms with van der Waals surface area (Å²) < 4.78 is 0. The molecule has 3 heteroatoms. The first-order chi connectivity index (χ1) is 11.7. The molecule has 0 spiro atoms. The zero-order valence-corrected chi connectivity index (χ0v) is 16.9. The van der Waals surface area contributed by atoms with Crippen LogP contribution in [0.5, 0.6) is 0 Å². The highest BCUT2D eigenvalue weighted by molar-refractivity contribution is 8.00. The second-order valence-electron chi connectivity index (χ2n) is 7.68. The Morgan fingerprint density at radius 1 is 0.960 bits per heavy atom. The van der Waals surface area contributed by atoms with Crippen molar-refractivity contribution in [2.75, 3.05) is 0 Å². The molecule has 0 aliphatic rings. The Balaban J connectivity index is 1.95. The predicted octanol–water partition coefficient (Wildman–Crippen LogP) is 5.65. The molecule has 2 aromatic carbocycles.